The van der Waals surface area contributed by atoms with Crippen LogP contribution in [-0.4, -0.2) is 0 Å². The molecule has 4 heteroatoms. The highest BCUT2D eigenvalue weighted by molar-refractivity contribution is 14.1. The number of thiophene rings is 1. The Morgan fingerprint density at radius 1 is 1.38 bits per heavy atom. The van der Waals surface area contributed by atoms with Gasteiger partial charge in [0.1, 0.15) is 0 Å². The normalized spacial score (nSPS) is 11.0. The Labute approximate surface area is 104 Å². The topological polar surface area (TPSA) is 0 Å². The predicted octanol–water partition coefficient (Wildman–Crippen LogP) is 4.90. The first-order chi connectivity index (χ1) is 6.24. The third kappa shape index (κ3) is 1.69. The predicted molar refractivity (Wildman–Crippen MR) is 69.1 cm³/mol. The van der Waals surface area contributed by atoms with E-state index in [-0.39, 0.29) is 0 Å². The molecule has 0 atom stereocenters. The van der Waals surface area contributed by atoms with Crippen molar-refractivity contribution in [3.05, 3.63) is 31.7 Å². The lowest BCUT2D eigenvalue weighted by Crippen LogP contribution is -1.78. The Kier molecular flexibility index (Phi) is 3.03. The average molecular weight is 343 g/mol. The third-order valence-electron chi connectivity index (χ3n) is 1.85. The molecule has 1 aromatic carbocycles. The molecule has 2 rings (SSSR count). The summed E-state index contributed by atoms with van der Waals surface area (Å²) in [6, 6.07) is 3.90. The van der Waals surface area contributed by atoms with Crippen LogP contribution in [-0.2, 0) is 5.88 Å². The van der Waals surface area contributed by atoms with Gasteiger partial charge in [-0.2, -0.15) is 0 Å². The molecule has 0 aliphatic rings. The highest BCUT2D eigenvalue weighted by atomic mass is 127. The number of benzene rings is 1. The third-order valence-corrected chi connectivity index (χ3v) is 4.78. The van der Waals surface area contributed by atoms with Crippen LogP contribution >= 0.6 is 57.1 Å². The summed E-state index contributed by atoms with van der Waals surface area (Å²) in [5.74, 6) is 0.546. The number of hydrogen-bond acceptors (Lipinski definition) is 1. The van der Waals surface area contributed by atoms with Crippen molar-refractivity contribution in [3.63, 3.8) is 0 Å². The van der Waals surface area contributed by atoms with Crippen LogP contribution in [0.1, 0.15) is 5.56 Å². The highest BCUT2D eigenvalue weighted by Crippen LogP contribution is 2.35. The molecule has 1 heterocycles. The van der Waals surface area contributed by atoms with Gasteiger partial charge in [0.05, 0.1) is 5.02 Å². The fourth-order valence-corrected chi connectivity index (χ4v) is 4.10. The van der Waals surface area contributed by atoms with Crippen molar-refractivity contribution in [1.29, 1.82) is 0 Å². The van der Waals surface area contributed by atoms with Crippen molar-refractivity contribution in [2.24, 2.45) is 0 Å². The van der Waals surface area contributed by atoms with Crippen molar-refractivity contribution in [1.82, 2.24) is 0 Å². The zero-order valence-corrected chi connectivity index (χ0v) is 11.0. The van der Waals surface area contributed by atoms with Crippen LogP contribution in [0, 0.1) is 3.57 Å². The maximum Gasteiger partial charge on any atom is 0.0503 e. The molecule has 0 saturated carbocycles. The molecule has 1 aromatic heterocycles. The van der Waals surface area contributed by atoms with Crippen LogP contribution < -0.4 is 0 Å². The molecule has 0 saturated heterocycles. The number of alkyl halides is 1. The molecule has 0 radical (unpaired) electrons. The summed E-state index contributed by atoms with van der Waals surface area (Å²) in [7, 11) is 0. The Morgan fingerprint density at radius 3 is 2.85 bits per heavy atom. The lowest BCUT2D eigenvalue weighted by atomic mass is 10.2. The maximum absolute atomic E-state index is 6.09. The second kappa shape index (κ2) is 3.93. The van der Waals surface area contributed by atoms with Crippen molar-refractivity contribution in [2.75, 3.05) is 0 Å². The van der Waals surface area contributed by atoms with Crippen molar-refractivity contribution >= 4 is 67.2 Å². The largest absolute Gasteiger partial charge is 0.142 e. The summed E-state index contributed by atoms with van der Waals surface area (Å²) in [6.45, 7) is 0. The molecule has 0 aliphatic carbocycles. The number of hydrogen-bond donors (Lipinski definition) is 0. The molecular weight excluding hydrogens is 338 g/mol. The van der Waals surface area contributed by atoms with E-state index in [4.69, 9.17) is 23.2 Å². The van der Waals surface area contributed by atoms with E-state index in [2.05, 4.69) is 28.0 Å². The summed E-state index contributed by atoms with van der Waals surface area (Å²) >= 11 is 15.9. The Bertz CT molecular complexity index is 450. The molecule has 0 nitrogen and oxygen atoms in total. The summed E-state index contributed by atoms with van der Waals surface area (Å²) < 4.78 is 2.42. The van der Waals surface area contributed by atoms with Gasteiger partial charge in [0.25, 0.3) is 0 Å². The second-order valence-corrected chi connectivity index (χ2v) is 5.34. The average Bonchev–Trinajstić information content (AvgIpc) is 2.50. The molecule has 0 spiro atoms. The van der Waals surface area contributed by atoms with Gasteiger partial charge in [-0.25, -0.2) is 0 Å². The Hall–Kier alpha value is 0.490. The first-order valence-electron chi connectivity index (χ1n) is 3.64. The van der Waals surface area contributed by atoms with Gasteiger partial charge < -0.3 is 0 Å². The van der Waals surface area contributed by atoms with Crippen molar-refractivity contribution < 1.29 is 0 Å². The second-order valence-electron chi connectivity index (χ2n) is 2.63. The molecule has 0 fully saturated rings. The highest BCUT2D eigenvalue weighted by Gasteiger charge is 2.08. The van der Waals surface area contributed by atoms with Gasteiger partial charge in [0, 0.05) is 24.9 Å². The molecule has 13 heavy (non-hydrogen) atoms. The minimum Gasteiger partial charge on any atom is -0.142 e. The van der Waals surface area contributed by atoms with E-state index in [1.54, 1.807) is 11.3 Å². The maximum atomic E-state index is 6.09. The number of halogens is 3. The van der Waals surface area contributed by atoms with Crippen molar-refractivity contribution in [3.8, 4) is 0 Å². The van der Waals surface area contributed by atoms with Crippen LogP contribution in [0.15, 0.2) is 17.5 Å². The van der Waals surface area contributed by atoms with Crippen molar-refractivity contribution in [2.45, 2.75) is 5.88 Å². The summed E-state index contributed by atoms with van der Waals surface area (Å²) in [5.41, 5.74) is 1.16. The van der Waals surface area contributed by atoms with Crippen LogP contribution in [0.5, 0.6) is 0 Å². The van der Waals surface area contributed by atoms with Gasteiger partial charge in [0.15, 0.2) is 0 Å². The molecule has 0 amide bonds. The SMILES string of the molecule is ClCc1ccc(Cl)c2c(I)csc12. The lowest BCUT2D eigenvalue weighted by Gasteiger charge is -1.99. The van der Waals surface area contributed by atoms with Crippen LogP contribution in [0.4, 0.5) is 0 Å². The molecule has 0 unspecified atom stereocenters. The summed E-state index contributed by atoms with van der Waals surface area (Å²) in [5, 5.41) is 4.06. The smallest absolute Gasteiger partial charge is 0.0503 e. The fraction of sp³-hybridized carbons (Fsp3) is 0.111. The quantitative estimate of drug-likeness (QED) is 0.511. The molecular formula is C9H5Cl2IS. The Balaban J connectivity index is 2.87. The minimum absolute atomic E-state index is 0.546. The molecule has 0 aliphatic heterocycles. The standard InChI is InChI=1S/C9H5Cl2IS/c10-3-5-1-2-6(11)8-7(12)4-13-9(5)8/h1-2,4H,3H2. The first kappa shape index (κ1) is 10.0. The van der Waals surface area contributed by atoms with Gasteiger partial charge in [-0.1, -0.05) is 17.7 Å². The van der Waals surface area contributed by atoms with E-state index in [1.807, 2.05) is 12.1 Å². The van der Waals surface area contributed by atoms with Gasteiger partial charge in [-0.15, -0.1) is 22.9 Å². The van der Waals surface area contributed by atoms with Crippen LogP contribution in [0.2, 0.25) is 5.02 Å². The van der Waals surface area contributed by atoms with Gasteiger partial charge in [0.2, 0.25) is 0 Å². The zero-order valence-electron chi connectivity index (χ0n) is 6.48. The molecule has 2 aromatic rings. The van der Waals surface area contributed by atoms with E-state index in [0.29, 0.717) is 5.88 Å². The monoisotopic (exact) mass is 342 g/mol. The number of rotatable bonds is 1. The molecule has 0 N–H and O–H groups in total. The van der Waals surface area contributed by atoms with E-state index in [9.17, 15) is 0 Å². The van der Waals surface area contributed by atoms with Gasteiger partial charge in [-0.3, -0.25) is 0 Å². The Morgan fingerprint density at radius 2 is 2.15 bits per heavy atom. The van der Waals surface area contributed by atoms with Gasteiger partial charge >= 0.3 is 0 Å². The fourth-order valence-electron chi connectivity index (χ4n) is 1.23. The minimum atomic E-state index is 0.546. The molecule has 68 valence electrons. The van der Waals surface area contributed by atoms with Gasteiger partial charge in [-0.05, 0) is 34.2 Å². The lowest BCUT2D eigenvalue weighted by molar-refractivity contribution is 1.47. The van der Waals surface area contributed by atoms with E-state index < -0.39 is 0 Å². The molecule has 0 bridgehead atoms. The van der Waals surface area contributed by atoms with E-state index in [0.717, 1.165) is 16.0 Å². The zero-order chi connectivity index (χ0) is 9.42. The van der Waals surface area contributed by atoms with E-state index in [1.165, 1.54) is 8.27 Å². The van der Waals surface area contributed by atoms with Crippen LogP contribution in [0.25, 0.3) is 10.1 Å². The first-order valence-corrected chi connectivity index (χ1v) is 6.51. The van der Waals surface area contributed by atoms with Crippen LogP contribution in [0.3, 0.4) is 0 Å². The number of fused-ring (bicyclic) bond motifs is 1. The summed E-state index contributed by atoms with van der Waals surface area (Å²) in [6.07, 6.45) is 0. The van der Waals surface area contributed by atoms with E-state index >= 15 is 0 Å². The summed E-state index contributed by atoms with van der Waals surface area (Å²) in [4.78, 5) is 0.